The van der Waals surface area contributed by atoms with Gasteiger partial charge in [-0.05, 0) is 36.5 Å². The Kier molecular flexibility index (Phi) is 4.89. The first-order valence-electron chi connectivity index (χ1n) is 7.38. The molecule has 116 valence electrons. The Balaban J connectivity index is 2.01. The fraction of sp³-hybridized carbons (Fsp3) is 0.562. The molecule has 3 nitrogen and oxygen atoms in total. The van der Waals surface area contributed by atoms with E-state index in [2.05, 4.69) is 5.32 Å². The highest BCUT2D eigenvalue weighted by atomic mass is 35.5. The molecule has 1 saturated carbocycles. The summed E-state index contributed by atoms with van der Waals surface area (Å²) in [4.78, 5) is 12.1. The van der Waals surface area contributed by atoms with Gasteiger partial charge in [-0.15, -0.1) is 0 Å². The molecule has 1 amide bonds. The molecule has 2 unspecified atom stereocenters. The quantitative estimate of drug-likeness (QED) is 0.848. The summed E-state index contributed by atoms with van der Waals surface area (Å²) < 4.78 is 13.1. The van der Waals surface area contributed by atoms with Crippen molar-refractivity contribution in [3.8, 4) is 0 Å². The molecule has 1 aromatic rings. The van der Waals surface area contributed by atoms with Crippen LogP contribution in [0.25, 0.3) is 0 Å². The Morgan fingerprint density at radius 1 is 1.52 bits per heavy atom. The molecule has 0 aromatic heterocycles. The Labute approximate surface area is 130 Å². The number of amides is 1. The lowest BCUT2D eigenvalue weighted by molar-refractivity contribution is -0.123. The number of hydrogen-bond acceptors (Lipinski definition) is 2. The monoisotopic (exact) mass is 312 g/mol. The minimum absolute atomic E-state index is 0.131. The van der Waals surface area contributed by atoms with Crippen molar-refractivity contribution in [3.63, 3.8) is 0 Å². The maximum Gasteiger partial charge on any atom is 0.237 e. The molecule has 1 aromatic carbocycles. The van der Waals surface area contributed by atoms with Gasteiger partial charge in [0, 0.05) is 17.0 Å². The van der Waals surface area contributed by atoms with Crippen molar-refractivity contribution in [3.05, 3.63) is 34.6 Å². The predicted molar refractivity (Wildman–Crippen MR) is 82.8 cm³/mol. The molecule has 5 heteroatoms. The van der Waals surface area contributed by atoms with Crippen molar-refractivity contribution in [2.24, 2.45) is 11.7 Å². The van der Waals surface area contributed by atoms with E-state index in [1.54, 1.807) is 6.07 Å². The van der Waals surface area contributed by atoms with E-state index >= 15 is 0 Å². The van der Waals surface area contributed by atoms with E-state index in [1.165, 1.54) is 12.1 Å². The summed E-state index contributed by atoms with van der Waals surface area (Å²) in [5.74, 6) is -0.328. The summed E-state index contributed by atoms with van der Waals surface area (Å²) in [5.41, 5.74) is 6.67. The molecule has 0 saturated heterocycles. The Morgan fingerprint density at radius 3 is 2.71 bits per heavy atom. The topological polar surface area (TPSA) is 55.1 Å². The fourth-order valence-corrected chi connectivity index (χ4v) is 2.87. The average molecular weight is 313 g/mol. The molecular weight excluding hydrogens is 291 g/mol. The second kappa shape index (κ2) is 6.32. The van der Waals surface area contributed by atoms with E-state index in [1.807, 2.05) is 13.8 Å². The van der Waals surface area contributed by atoms with E-state index in [0.717, 1.165) is 24.8 Å². The molecule has 0 bridgehead atoms. The zero-order valence-electron chi connectivity index (χ0n) is 12.5. The van der Waals surface area contributed by atoms with Gasteiger partial charge in [0.05, 0.1) is 6.04 Å². The molecule has 1 fully saturated rings. The molecule has 0 aliphatic heterocycles. The molecule has 2 atom stereocenters. The molecular formula is C16H22ClFN2O. The fourth-order valence-electron chi connectivity index (χ4n) is 2.50. The lowest BCUT2D eigenvalue weighted by Gasteiger charge is -2.22. The normalized spacial score (nSPS) is 18.9. The number of rotatable bonds is 6. The number of carbonyl (C=O) groups excluding carboxylic acids is 1. The maximum atomic E-state index is 13.1. The van der Waals surface area contributed by atoms with E-state index in [4.69, 9.17) is 17.3 Å². The van der Waals surface area contributed by atoms with Gasteiger partial charge in [-0.3, -0.25) is 4.79 Å². The molecule has 0 spiro atoms. The van der Waals surface area contributed by atoms with Crippen LogP contribution in [0.15, 0.2) is 18.2 Å². The first-order valence-corrected chi connectivity index (χ1v) is 7.76. The second-order valence-corrected chi connectivity index (χ2v) is 6.44. The molecule has 1 aliphatic rings. The number of halogens is 2. The van der Waals surface area contributed by atoms with E-state index in [-0.39, 0.29) is 23.1 Å². The summed E-state index contributed by atoms with van der Waals surface area (Å²) in [6.45, 7) is 4.48. The molecule has 0 radical (unpaired) electrons. The third-order valence-electron chi connectivity index (χ3n) is 4.52. The molecule has 2 rings (SSSR count). The summed E-state index contributed by atoms with van der Waals surface area (Å²) in [6.07, 6.45) is 2.75. The average Bonchev–Trinajstić information content (AvgIpc) is 3.24. The van der Waals surface area contributed by atoms with Crippen LogP contribution in [0, 0.1) is 11.7 Å². The van der Waals surface area contributed by atoms with Gasteiger partial charge < -0.3 is 11.1 Å². The van der Waals surface area contributed by atoms with Gasteiger partial charge in [-0.1, -0.05) is 37.9 Å². The SMILES string of the molecule is CCC(C)C(N)C(=O)NCC1(c2ccc(F)cc2Cl)CC1. The third-order valence-corrected chi connectivity index (χ3v) is 4.83. The zero-order chi connectivity index (χ0) is 15.6. The summed E-state index contributed by atoms with van der Waals surface area (Å²) in [7, 11) is 0. The number of hydrogen-bond donors (Lipinski definition) is 2. The van der Waals surface area contributed by atoms with Crippen molar-refractivity contribution in [2.75, 3.05) is 6.54 Å². The highest BCUT2D eigenvalue weighted by molar-refractivity contribution is 6.31. The largest absolute Gasteiger partial charge is 0.354 e. The molecule has 0 heterocycles. The Bertz CT molecular complexity index is 531. The highest BCUT2D eigenvalue weighted by Crippen LogP contribution is 2.50. The summed E-state index contributed by atoms with van der Waals surface area (Å²) >= 11 is 6.13. The van der Waals surface area contributed by atoms with Gasteiger partial charge >= 0.3 is 0 Å². The van der Waals surface area contributed by atoms with Crippen LogP contribution in [0.3, 0.4) is 0 Å². The summed E-state index contributed by atoms with van der Waals surface area (Å²) in [5, 5.41) is 3.35. The van der Waals surface area contributed by atoms with Crippen molar-refractivity contribution >= 4 is 17.5 Å². The Morgan fingerprint density at radius 2 is 2.19 bits per heavy atom. The van der Waals surface area contributed by atoms with Gasteiger partial charge in [-0.2, -0.15) is 0 Å². The smallest absolute Gasteiger partial charge is 0.237 e. The zero-order valence-corrected chi connectivity index (χ0v) is 13.2. The van der Waals surface area contributed by atoms with Crippen LogP contribution in [0.1, 0.15) is 38.7 Å². The predicted octanol–water partition coefficient (Wildman–Crippen LogP) is 3.00. The van der Waals surface area contributed by atoms with Crippen LogP contribution in [0.5, 0.6) is 0 Å². The lowest BCUT2D eigenvalue weighted by Crippen LogP contribution is -2.46. The van der Waals surface area contributed by atoms with Crippen LogP contribution in [0.2, 0.25) is 5.02 Å². The van der Waals surface area contributed by atoms with Crippen molar-refractivity contribution in [1.29, 1.82) is 0 Å². The van der Waals surface area contributed by atoms with E-state index in [0.29, 0.717) is 11.6 Å². The van der Waals surface area contributed by atoms with E-state index in [9.17, 15) is 9.18 Å². The van der Waals surface area contributed by atoms with Gasteiger partial charge in [0.2, 0.25) is 5.91 Å². The maximum absolute atomic E-state index is 13.1. The van der Waals surface area contributed by atoms with Gasteiger partial charge in [-0.25, -0.2) is 4.39 Å². The number of benzene rings is 1. The van der Waals surface area contributed by atoms with Crippen LogP contribution >= 0.6 is 11.6 Å². The van der Waals surface area contributed by atoms with Gasteiger partial charge in [0.1, 0.15) is 5.82 Å². The number of nitrogens with one attached hydrogen (secondary N) is 1. The van der Waals surface area contributed by atoms with Crippen LogP contribution in [0.4, 0.5) is 4.39 Å². The first kappa shape index (κ1) is 16.2. The lowest BCUT2D eigenvalue weighted by atomic mass is 9.94. The molecule has 21 heavy (non-hydrogen) atoms. The van der Waals surface area contributed by atoms with Crippen LogP contribution in [-0.2, 0) is 10.2 Å². The van der Waals surface area contributed by atoms with Crippen LogP contribution < -0.4 is 11.1 Å². The first-order chi connectivity index (χ1) is 9.89. The van der Waals surface area contributed by atoms with Gasteiger partial charge in [0.25, 0.3) is 0 Å². The minimum atomic E-state index is -0.491. The number of nitrogens with two attached hydrogens (primary N) is 1. The number of carbonyl (C=O) groups is 1. The molecule has 3 N–H and O–H groups in total. The second-order valence-electron chi connectivity index (χ2n) is 6.03. The molecule has 1 aliphatic carbocycles. The Hall–Kier alpha value is -1.13. The van der Waals surface area contributed by atoms with Crippen LogP contribution in [-0.4, -0.2) is 18.5 Å². The summed E-state index contributed by atoms with van der Waals surface area (Å²) in [6, 6.07) is 3.96. The van der Waals surface area contributed by atoms with E-state index < -0.39 is 6.04 Å². The minimum Gasteiger partial charge on any atom is -0.354 e. The van der Waals surface area contributed by atoms with Crippen molar-refractivity contribution in [1.82, 2.24) is 5.32 Å². The van der Waals surface area contributed by atoms with Crippen molar-refractivity contribution < 1.29 is 9.18 Å². The van der Waals surface area contributed by atoms with Gasteiger partial charge in [0.15, 0.2) is 0 Å². The van der Waals surface area contributed by atoms with Crippen molar-refractivity contribution in [2.45, 2.75) is 44.6 Å². The highest BCUT2D eigenvalue weighted by Gasteiger charge is 2.45. The third kappa shape index (κ3) is 3.55. The standard InChI is InChI=1S/C16H22ClFN2O/c1-3-10(2)14(19)15(21)20-9-16(6-7-16)12-5-4-11(18)8-13(12)17/h4-5,8,10,14H,3,6-7,9,19H2,1-2H3,(H,20,21).